The first-order valence-electron chi connectivity index (χ1n) is 10.2. The third kappa shape index (κ3) is 4.00. The van der Waals surface area contributed by atoms with E-state index in [4.69, 9.17) is 9.47 Å². The van der Waals surface area contributed by atoms with E-state index < -0.39 is 0 Å². The van der Waals surface area contributed by atoms with Crippen molar-refractivity contribution >= 4 is 11.1 Å². The van der Waals surface area contributed by atoms with Gasteiger partial charge in [-0.25, -0.2) is 0 Å². The van der Waals surface area contributed by atoms with E-state index in [2.05, 4.69) is 0 Å². The summed E-state index contributed by atoms with van der Waals surface area (Å²) in [7, 11) is 3.23. The average molecular weight is 428 g/mol. The molecule has 4 rings (SSSR count). The van der Waals surface area contributed by atoms with Gasteiger partial charge in [-0.3, -0.25) is 0 Å². The summed E-state index contributed by atoms with van der Waals surface area (Å²) >= 11 is 0. The third-order valence-electron chi connectivity index (χ3n) is 5.50. The van der Waals surface area contributed by atoms with E-state index in [1.54, 1.807) is 40.2 Å². The van der Waals surface area contributed by atoms with Crippen molar-refractivity contribution in [2.75, 3.05) is 14.2 Å². The Hall–Kier alpha value is -3.90. The normalized spacial score (nSPS) is 18.5. The van der Waals surface area contributed by atoms with Gasteiger partial charge in [0.2, 0.25) is 5.70 Å². The minimum atomic E-state index is 0.296. The van der Waals surface area contributed by atoms with Crippen molar-refractivity contribution in [1.82, 2.24) is 5.06 Å². The summed E-state index contributed by atoms with van der Waals surface area (Å²) in [5.74, 6) is 1.50. The molecule has 0 bridgehead atoms. The first-order valence-corrected chi connectivity index (χ1v) is 10.2. The molecule has 2 heterocycles. The van der Waals surface area contributed by atoms with Gasteiger partial charge in [0.15, 0.2) is 0 Å². The highest BCUT2D eigenvalue weighted by atomic mass is 16.5. The van der Waals surface area contributed by atoms with Crippen molar-refractivity contribution in [2.24, 2.45) is 0 Å². The maximum absolute atomic E-state index is 13.0. The minimum absolute atomic E-state index is 0.296. The zero-order valence-electron chi connectivity index (χ0n) is 18.5. The van der Waals surface area contributed by atoms with E-state index in [1.807, 2.05) is 60.7 Å². The molecule has 6 nitrogen and oxygen atoms in total. The van der Waals surface area contributed by atoms with Crippen molar-refractivity contribution in [3.05, 3.63) is 117 Å². The molecule has 0 radical (unpaired) electrons. The number of nitroso groups, excluding NO2 is 1. The monoisotopic (exact) mass is 428 g/mol. The predicted octanol–water partition coefficient (Wildman–Crippen LogP) is 5.80. The number of allylic oxidation sites excluding steroid dienone is 8. The molecule has 0 aromatic heterocycles. The van der Waals surface area contributed by atoms with Gasteiger partial charge < -0.3 is 19.7 Å². The first kappa shape index (κ1) is 21.3. The molecule has 0 amide bonds. The van der Waals surface area contributed by atoms with Crippen molar-refractivity contribution in [3.63, 3.8) is 0 Å². The van der Waals surface area contributed by atoms with Crippen LogP contribution < -0.4 is 9.47 Å². The van der Waals surface area contributed by atoms with E-state index in [0.717, 1.165) is 43.6 Å². The quantitative estimate of drug-likeness (QED) is 0.576. The Morgan fingerprint density at radius 3 is 1.75 bits per heavy atom. The highest BCUT2D eigenvalue weighted by Crippen LogP contribution is 2.35. The second-order valence-corrected chi connectivity index (χ2v) is 7.59. The van der Waals surface area contributed by atoms with Crippen LogP contribution in [0.25, 0.3) is 11.1 Å². The largest absolute Gasteiger partial charge is 0.754 e. The number of ether oxygens (including phenoxy) is 2. The van der Waals surface area contributed by atoms with Gasteiger partial charge >= 0.3 is 0 Å². The van der Waals surface area contributed by atoms with Crippen LogP contribution in [0.5, 0.6) is 11.5 Å². The summed E-state index contributed by atoms with van der Waals surface area (Å²) in [4.78, 5) is 13.0. The molecule has 0 saturated carbocycles. The highest BCUT2D eigenvalue weighted by Gasteiger charge is 2.30. The standard InChI is InChI=1S/C26H24N2O4/c1-17-13-21(19-5-9-23(31-3)10-6-19)15-25(27(17)29)26-16-22(14-18(2)28(26)30)20-7-11-24(32-4)12-8-20/h5-16H,1-4H3. The predicted molar refractivity (Wildman–Crippen MR) is 125 cm³/mol. The van der Waals surface area contributed by atoms with Crippen LogP contribution in [0.15, 0.2) is 95.6 Å². The zero-order valence-corrected chi connectivity index (χ0v) is 18.5. The summed E-state index contributed by atoms with van der Waals surface area (Å²) in [5.41, 5.74) is 5.14. The molecule has 0 N–H and O–H groups in total. The molecule has 2 aliphatic rings. The number of nitrogens with zero attached hydrogens (tertiary/aromatic N) is 2. The SMILES string of the molecule is COc1ccc(C2=CC(=C3C=C(c4ccc(OC)cc4)C=C(C)[N+]3=O)N([O-])C(C)=C2)cc1. The van der Waals surface area contributed by atoms with Gasteiger partial charge in [0.25, 0.3) is 5.70 Å². The Morgan fingerprint density at radius 2 is 1.25 bits per heavy atom. The fraction of sp³-hybridized carbons (Fsp3) is 0.154. The zero-order chi connectivity index (χ0) is 22.8. The molecule has 2 aromatic carbocycles. The van der Waals surface area contributed by atoms with Crippen LogP contribution in [0.1, 0.15) is 25.0 Å². The average Bonchev–Trinajstić information content (AvgIpc) is 2.82. The number of rotatable bonds is 4. The molecule has 2 aliphatic heterocycles. The summed E-state index contributed by atoms with van der Waals surface area (Å²) in [6.45, 7) is 3.47. The van der Waals surface area contributed by atoms with Gasteiger partial charge in [0, 0.05) is 29.7 Å². The van der Waals surface area contributed by atoms with Gasteiger partial charge in [-0.1, -0.05) is 24.3 Å². The van der Waals surface area contributed by atoms with Crippen LogP contribution in [0.2, 0.25) is 0 Å². The van der Waals surface area contributed by atoms with E-state index in [1.165, 1.54) is 0 Å². The Morgan fingerprint density at radius 1 is 0.750 bits per heavy atom. The lowest BCUT2D eigenvalue weighted by Gasteiger charge is -2.35. The lowest BCUT2D eigenvalue weighted by molar-refractivity contribution is -0.442. The molecular weight excluding hydrogens is 404 g/mol. The molecule has 0 spiro atoms. The summed E-state index contributed by atoms with van der Waals surface area (Å²) in [6, 6.07) is 15.2. The van der Waals surface area contributed by atoms with Crippen LogP contribution in [-0.4, -0.2) is 24.0 Å². The van der Waals surface area contributed by atoms with Crippen LogP contribution in [0, 0.1) is 10.1 Å². The van der Waals surface area contributed by atoms with E-state index in [9.17, 15) is 10.1 Å². The maximum Gasteiger partial charge on any atom is 0.286 e. The number of hydrogen-bond acceptors (Lipinski definition) is 5. The Labute approximate surface area is 187 Å². The summed E-state index contributed by atoms with van der Waals surface area (Å²) in [6.07, 6.45) is 7.13. The summed E-state index contributed by atoms with van der Waals surface area (Å²) < 4.78 is 11.3. The topological polar surface area (TPSA) is 64.8 Å². The second kappa shape index (κ2) is 8.69. The Bertz CT molecular complexity index is 1210. The fourth-order valence-electron chi connectivity index (χ4n) is 3.70. The second-order valence-electron chi connectivity index (χ2n) is 7.59. The molecule has 0 atom stereocenters. The molecular formula is C26H24N2O4. The number of hydrogen-bond donors (Lipinski definition) is 0. The molecule has 162 valence electrons. The number of benzene rings is 2. The fourth-order valence-corrected chi connectivity index (χ4v) is 3.70. The van der Waals surface area contributed by atoms with Crippen LogP contribution in [0.4, 0.5) is 0 Å². The third-order valence-corrected chi connectivity index (χ3v) is 5.50. The van der Waals surface area contributed by atoms with Gasteiger partial charge in [-0.05, 0) is 65.6 Å². The van der Waals surface area contributed by atoms with E-state index in [0.29, 0.717) is 22.8 Å². The smallest absolute Gasteiger partial charge is 0.286 e. The first-order chi connectivity index (χ1) is 15.4. The molecule has 2 aromatic rings. The molecule has 0 fully saturated rings. The van der Waals surface area contributed by atoms with Gasteiger partial charge in [0.1, 0.15) is 17.2 Å². The van der Waals surface area contributed by atoms with E-state index >= 15 is 0 Å². The lowest BCUT2D eigenvalue weighted by Crippen LogP contribution is -2.21. The molecule has 0 aliphatic carbocycles. The number of methoxy groups -OCH3 is 2. The van der Waals surface area contributed by atoms with Crippen molar-refractivity contribution in [2.45, 2.75) is 13.8 Å². The minimum Gasteiger partial charge on any atom is -0.754 e. The Balaban J connectivity index is 1.82. The van der Waals surface area contributed by atoms with E-state index in [-0.39, 0.29) is 0 Å². The molecule has 0 saturated heterocycles. The summed E-state index contributed by atoms with van der Waals surface area (Å²) in [5, 5.41) is 13.8. The number of hydroxylamine groups is 2. The molecule has 0 unspecified atom stereocenters. The van der Waals surface area contributed by atoms with Gasteiger partial charge in [-0.15, -0.1) is 0 Å². The highest BCUT2D eigenvalue weighted by molar-refractivity contribution is 5.81. The van der Waals surface area contributed by atoms with Gasteiger partial charge in [-0.2, -0.15) is 0 Å². The molecule has 32 heavy (non-hydrogen) atoms. The lowest BCUT2D eigenvalue weighted by atomic mass is 9.97. The van der Waals surface area contributed by atoms with Crippen LogP contribution in [0.3, 0.4) is 0 Å². The molecule has 6 heteroatoms. The Kier molecular flexibility index (Phi) is 5.79. The van der Waals surface area contributed by atoms with Crippen molar-refractivity contribution in [3.8, 4) is 11.5 Å². The van der Waals surface area contributed by atoms with Crippen LogP contribution >= 0.6 is 0 Å². The van der Waals surface area contributed by atoms with Crippen LogP contribution in [-0.2, 0) is 0 Å². The van der Waals surface area contributed by atoms with Crippen molar-refractivity contribution in [1.29, 1.82) is 0 Å². The maximum atomic E-state index is 13.0. The van der Waals surface area contributed by atoms with Gasteiger partial charge in [0.05, 0.1) is 19.0 Å². The van der Waals surface area contributed by atoms with Crippen molar-refractivity contribution < 1.29 is 14.2 Å².